The van der Waals surface area contributed by atoms with Gasteiger partial charge in [0.15, 0.2) is 11.1 Å². The van der Waals surface area contributed by atoms with E-state index in [0.29, 0.717) is 4.90 Å². The summed E-state index contributed by atoms with van der Waals surface area (Å²) in [5.41, 5.74) is 5.48. The van der Waals surface area contributed by atoms with Crippen molar-refractivity contribution >= 4 is 40.6 Å². The standard InChI is InChI=1S/C24H18O2S.Na.H/c25-27(26)24-22(19-12-6-2-7-13-19)16-21(18-10-4-1-5-11-18)17-23(24)20-14-8-3-9-15-20;;/h1-17H,(H,25,26);;. The fourth-order valence-corrected chi connectivity index (χ4v) is 4.01. The van der Waals surface area contributed by atoms with E-state index in [1.807, 2.05) is 91.0 Å². The molecular formula is C24H19NaO2S. The second kappa shape index (κ2) is 9.46. The molecule has 134 valence electrons. The quantitative estimate of drug-likeness (QED) is 0.360. The summed E-state index contributed by atoms with van der Waals surface area (Å²) < 4.78 is 22.5. The minimum atomic E-state index is -2.12. The Labute approximate surface area is 189 Å². The number of hydrogen-bond acceptors (Lipinski definition) is 1. The molecule has 0 saturated heterocycles. The Balaban J connectivity index is 0.00000225. The van der Waals surface area contributed by atoms with E-state index in [9.17, 15) is 8.76 Å². The number of benzene rings is 4. The maximum absolute atomic E-state index is 12.3. The van der Waals surface area contributed by atoms with Crippen LogP contribution in [0.1, 0.15) is 0 Å². The minimum absolute atomic E-state index is 0. The van der Waals surface area contributed by atoms with Gasteiger partial charge in [-0.3, -0.25) is 0 Å². The van der Waals surface area contributed by atoms with Crippen molar-refractivity contribution in [1.29, 1.82) is 0 Å². The van der Waals surface area contributed by atoms with Crippen LogP contribution < -0.4 is 0 Å². The molecule has 0 aliphatic rings. The maximum atomic E-state index is 12.3. The van der Waals surface area contributed by atoms with Crippen LogP contribution in [0, 0.1) is 0 Å². The van der Waals surface area contributed by atoms with Crippen LogP contribution >= 0.6 is 0 Å². The van der Waals surface area contributed by atoms with E-state index in [4.69, 9.17) is 0 Å². The molecule has 0 bridgehead atoms. The molecule has 4 aromatic carbocycles. The Hall–Kier alpha value is -2.01. The molecule has 2 nitrogen and oxygen atoms in total. The van der Waals surface area contributed by atoms with Crippen molar-refractivity contribution in [2.45, 2.75) is 4.90 Å². The van der Waals surface area contributed by atoms with Crippen LogP contribution in [0.15, 0.2) is 108 Å². The SMILES string of the molecule is O=S(O)c1c(-c2ccccc2)cc(-c2ccccc2)cc1-c1ccccc1.[NaH]. The van der Waals surface area contributed by atoms with Gasteiger partial charge in [0.1, 0.15) is 0 Å². The van der Waals surface area contributed by atoms with Gasteiger partial charge in [-0.1, -0.05) is 91.0 Å². The molecule has 4 rings (SSSR count). The van der Waals surface area contributed by atoms with E-state index in [2.05, 4.69) is 12.1 Å². The summed E-state index contributed by atoms with van der Waals surface area (Å²) in [5.74, 6) is 0. The van der Waals surface area contributed by atoms with Crippen molar-refractivity contribution in [2.24, 2.45) is 0 Å². The molecule has 1 unspecified atom stereocenters. The van der Waals surface area contributed by atoms with Crippen LogP contribution in [0.4, 0.5) is 0 Å². The first-order valence-electron chi connectivity index (χ1n) is 8.69. The van der Waals surface area contributed by atoms with Gasteiger partial charge in [-0.25, -0.2) is 4.21 Å². The molecule has 1 N–H and O–H groups in total. The Bertz CT molecular complexity index is 1020. The fourth-order valence-electron chi connectivity index (χ4n) is 3.28. The van der Waals surface area contributed by atoms with Gasteiger partial charge in [0.2, 0.25) is 0 Å². The van der Waals surface area contributed by atoms with Gasteiger partial charge >= 0.3 is 29.6 Å². The molecule has 0 aliphatic carbocycles. The first kappa shape index (κ1) is 20.7. The van der Waals surface area contributed by atoms with Crippen molar-refractivity contribution < 1.29 is 8.76 Å². The predicted octanol–water partition coefficient (Wildman–Crippen LogP) is 5.62. The molecule has 0 saturated carbocycles. The molecule has 0 amide bonds. The monoisotopic (exact) mass is 394 g/mol. The molecule has 28 heavy (non-hydrogen) atoms. The number of rotatable bonds is 4. The zero-order valence-corrected chi connectivity index (χ0v) is 15.4. The van der Waals surface area contributed by atoms with Crippen LogP contribution in [0.5, 0.6) is 0 Å². The summed E-state index contributed by atoms with van der Waals surface area (Å²) in [5, 5.41) is 0. The van der Waals surface area contributed by atoms with Gasteiger partial charge < -0.3 is 4.55 Å². The van der Waals surface area contributed by atoms with E-state index >= 15 is 0 Å². The molecule has 0 heterocycles. The summed E-state index contributed by atoms with van der Waals surface area (Å²) in [7, 11) is 0. The topological polar surface area (TPSA) is 37.3 Å². The van der Waals surface area contributed by atoms with E-state index in [1.165, 1.54) is 0 Å². The molecule has 0 aromatic heterocycles. The first-order chi connectivity index (χ1) is 13.2. The normalized spacial score (nSPS) is 11.5. The zero-order valence-electron chi connectivity index (χ0n) is 14.6. The van der Waals surface area contributed by atoms with Gasteiger partial charge in [-0.15, -0.1) is 0 Å². The van der Waals surface area contributed by atoms with Crippen molar-refractivity contribution in [3.8, 4) is 33.4 Å². The Kier molecular flexibility index (Phi) is 7.00. The number of hydrogen-bond donors (Lipinski definition) is 1. The Morgan fingerprint density at radius 3 is 1.25 bits per heavy atom. The molecule has 0 aliphatic heterocycles. The van der Waals surface area contributed by atoms with Gasteiger partial charge in [0.25, 0.3) is 0 Å². The van der Waals surface area contributed by atoms with Crippen molar-refractivity contribution in [3.63, 3.8) is 0 Å². The Morgan fingerprint density at radius 1 is 0.536 bits per heavy atom. The molecule has 0 spiro atoms. The van der Waals surface area contributed by atoms with Crippen LogP contribution in [-0.2, 0) is 11.1 Å². The third-order valence-corrected chi connectivity index (χ3v) is 5.33. The average molecular weight is 394 g/mol. The second-order valence-corrected chi connectivity index (χ2v) is 7.15. The second-order valence-electron chi connectivity index (χ2n) is 6.25. The van der Waals surface area contributed by atoms with Crippen LogP contribution in [0.2, 0.25) is 0 Å². The van der Waals surface area contributed by atoms with Crippen LogP contribution in [0.25, 0.3) is 33.4 Å². The van der Waals surface area contributed by atoms with E-state index in [-0.39, 0.29) is 29.6 Å². The molecule has 0 radical (unpaired) electrons. The zero-order chi connectivity index (χ0) is 18.6. The summed E-state index contributed by atoms with van der Waals surface area (Å²) >= 11 is -2.12. The summed E-state index contributed by atoms with van der Waals surface area (Å²) in [6.07, 6.45) is 0. The summed E-state index contributed by atoms with van der Waals surface area (Å²) in [6.45, 7) is 0. The first-order valence-corrected chi connectivity index (χ1v) is 9.80. The summed E-state index contributed by atoms with van der Waals surface area (Å²) in [6, 6.07) is 33.6. The van der Waals surface area contributed by atoms with Gasteiger partial charge in [0.05, 0.1) is 4.90 Å². The van der Waals surface area contributed by atoms with Gasteiger partial charge in [-0.05, 0) is 34.4 Å². The van der Waals surface area contributed by atoms with Gasteiger partial charge in [0, 0.05) is 11.1 Å². The van der Waals surface area contributed by atoms with E-state index in [0.717, 1.165) is 33.4 Å². The van der Waals surface area contributed by atoms with Crippen LogP contribution in [0.3, 0.4) is 0 Å². The summed E-state index contributed by atoms with van der Waals surface area (Å²) in [4.78, 5) is 0.437. The molecule has 4 aromatic rings. The molecular weight excluding hydrogens is 375 g/mol. The Morgan fingerprint density at radius 2 is 0.893 bits per heavy atom. The van der Waals surface area contributed by atoms with Crippen molar-refractivity contribution in [2.75, 3.05) is 0 Å². The van der Waals surface area contributed by atoms with Gasteiger partial charge in [-0.2, -0.15) is 0 Å². The van der Waals surface area contributed by atoms with Crippen LogP contribution in [-0.4, -0.2) is 38.3 Å². The van der Waals surface area contributed by atoms with E-state index < -0.39 is 11.1 Å². The third-order valence-electron chi connectivity index (χ3n) is 4.54. The van der Waals surface area contributed by atoms with Crippen molar-refractivity contribution in [3.05, 3.63) is 103 Å². The van der Waals surface area contributed by atoms with Crippen molar-refractivity contribution in [1.82, 2.24) is 0 Å². The molecule has 1 atom stereocenters. The fraction of sp³-hybridized carbons (Fsp3) is 0. The molecule has 0 fully saturated rings. The predicted molar refractivity (Wildman–Crippen MR) is 119 cm³/mol. The molecule has 4 heteroatoms. The van der Waals surface area contributed by atoms with E-state index in [1.54, 1.807) is 0 Å². The third kappa shape index (κ3) is 4.35. The average Bonchev–Trinajstić information content (AvgIpc) is 2.74.